The number of likely N-dealkylation sites (tertiary alicyclic amines) is 1. The Balaban J connectivity index is 0.00000147. The van der Waals surface area contributed by atoms with E-state index >= 15 is 0 Å². The lowest BCUT2D eigenvalue weighted by Gasteiger charge is -2.32. The minimum absolute atomic E-state index is 0. The van der Waals surface area contributed by atoms with Gasteiger partial charge in [0.25, 0.3) is 0 Å². The number of benzene rings is 1. The van der Waals surface area contributed by atoms with Crippen LogP contribution in [0.1, 0.15) is 36.8 Å². The molecule has 0 amide bonds. The molecule has 20 heavy (non-hydrogen) atoms. The van der Waals surface area contributed by atoms with Crippen LogP contribution in [0.3, 0.4) is 0 Å². The van der Waals surface area contributed by atoms with E-state index in [0.29, 0.717) is 0 Å². The Bertz CT molecular complexity index is 409. The lowest BCUT2D eigenvalue weighted by molar-refractivity contribution is 0.190. The Kier molecular flexibility index (Phi) is 5.88. The second kappa shape index (κ2) is 7.44. The Labute approximate surface area is 129 Å². The van der Waals surface area contributed by atoms with E-state index in [9.17, 15) is 0 Å². The molecule has 0 unspecified atom stereocenters. The van der Waals surface area contributed by atoms with Crippen molar-refractivity contribution in [3.63, 3.8) is 0 Å². The third kappa shape index (κ3) is 4.76. The van der Waals surface area contributed by atoms with E-state index in [0.717, 1.165) is 18.5 Å². The van der Waals surface area contributed by atoms with Gasteiger partial charge in [0.1, 0.15) is 0 Å². The summed E-state index contributed by atoms with van der Waals surface area (Å²) in [7, 11) is 0. The minimum atomic E-state index is 0. The number of piperidine rings is 1. The molecule has 112 valence electrons. The summed E-state index contributed by atoms with van der Waals surface area (Å²) in [5, 5.41) is 3.75. The molecule has 2 fully saturated rings. The van der Waals surface area contributed by atoms with Gasteiger partial charge in [-0.25, -0.2) is 0 Å². The molecule has 1 aliphatic heterocycles. The van der Waals surface area contributed by atoms with Gasteiger partial charge in [0, 0.05) is 12.6 Å². The quantitative estimate of drug-likeness (QED) is 0.895. The number of hydrogen-bond donors (Lipinski definition) is 1. The first-order chi connectivity index (χ1) is 9.29. The molecule has 3 heteroatoms. The van der Waals surface area contributed by atoms with Gasteiger partial charge in [0.2, 0.25) is 0 Å². The summed E-state index contributed by atoms with van der Waals surface area (Å²) in [6, 6.07) is 9.70. The predicted octanol–water partition coefficient (Wildman–Crippen LogP) is 3.38. The molecule has 0 atom stereocenters. The Morgan fingerprint density at radius 1 is 1.15 bits per heavy atom. The zero-order chi connectivity index (χ0) is 13.1. The first-order valence-electron chi connectivity index (χ1n) is 7.81. The summed E-state index contributed by atoms with van der Waals surface area (Å²) in [5.74, 6) is 1.00. The molecule has 0 bridgehead atoms. The summed E-state index contributed by atoms with van der Waals surface area (Å²) < 4.78 is 0. The van der Waals surface area contributed by atoms with E-state index in [1.807, 2.05) is 0 Å². The predicted molar refractivity (Wildman–Crippen MR) is 87.5 cm³/mol. The first kappa shape index (κ1) is 15.8. The molecule has 1 aromatic carbocycles. The van der Waals surface area contributed by atoms with Crippen LogP contribution in [0.15, 0.2) is 24.3 Å². The van der Waals surface area contributed by atoms with Crippen molar-refractivity contribution in [2.45, 2.75) is 45.2 Å². The summed E-state index contributed by atoms with van der Waals surface area (Å²) in [6.45, 7) is 7.06. The maximum absolute atomic E-state index is 3.75. The van der Waals surface area contributed by atoms with Crippen LogP contribution >= 0.6 is 12.4 Å². The monoisotopic (exact) mass is 294 g/mol. The highest BCUT2D eigenvalue weighted by Crippen LogP contribution is 2.28. The Morgan fingerprint density at radius 2 is 1.90 bits per heavy atom. The zero-order valence-electron chi connectivity index (χ0n) is 12.5. The van der Waals surface area contributed by atoms with Crippen molar-refractivity contribution in [3.8, 4) is 0 Å². The van der Waals surface area contributed by atoms with Crippen LogP contribution in [0.5, 0.6) is 0 Å². The third-order valence-corrected chi connectivity index (χ3v) is 4.47. The van der Waals surface area contributed by atoms with E-state index in [1.54, 1.807) is 0 Å². The number of aryl methyl sites for hydroxylation is 1. The molecule has 1 aromatic rings. The maximum atomic E-state index is 3.75. The van der Waals surface area contributed by atoms with Gasteiger partial charge in [0.15, 0.2) is 0 Å². The van der Waals surface area contributed by atoms with Crippen LogP contribution in [0, 0.1) is 12.8 Å². The van der Waals surface area contributed by atoms with Gasteiger partial charge < -0.3 is 5.32 Å². The minimum Gasteiger partial charge on any atom is -0.314 e. The van der Waals surface area contributed by atoms with Crippen LogP contribution in [-0.2, 0) is 6.54 Å². The lowest BCUT2D eigenvalue weighted by Crippen LogP contribution is -2.42. The highest BCUT2D eigenvalue weighted by Gasteiger charge is 2.24. The van der Waals surface area contributed by atoms with Gasteiger partial charge in [0.05, 0.1) is 0 Å². The highest BCUT2D eigenvalue weighted by atomic mass is 35.5. The fraction of sp³-hybridized carbons (Fsp3) is 0.647. The van der Waals surface area contributed by atoms with Crippen molar-refractivity contribution in [1.29, 1.82) is 0 Å². The summed E-state index contributed by atoms with van der Waals surface area (Å²) in [4.78, 5) is 2.60. The molecule has 0 spiro atoms. The number of halogens is 1. The first-order valence-corrected chi connectivity index (χ1v) is 7.81. The van der Waals surface area contributed by atoms with Crippen LogP contribution in [0.2, 0.25) is 0 Å². The maximum Gasteiger partial charge on any atom is 0.0233 e. The highest BCUT2D eigenvalue weighted by molar-refractivity contribution is 5.85. The molecule has 1 saturated carbocycles. The SMILES string of the molecule is Cc1cccc(CN2CCC(NCC3CC3)CC2)c1.Cl. The third-order valence-electron chi connectivity index (χ3n) is 4.47. The average molecular weight is 295 g/mol. The van der Waals surface area contributed by atoms with Crippen molar-refractivity contribution in [2.75, 3.05) is 19.6 Å². The normalized spacial score (nSPS) is 20.6. The topological polar surface area (TPSA) is 15.3 Å². The van der Waals surface area contributed by atoms with Crippen molar-refractivity contribution >= 4 is 12.4 Å². The van der Waals surface area contributed by atoms with E-state index < -0.39 is 0 Å². The fourth-order valence-electron chi connectivity index (χ4n) is 3.02. The molecule has 1 N–H and O–H groups in total. The molecule has 0 aromatic heterocycles. The van der Waals surface area contributed by atoms with Crippen molar-refractivity contribution in [1.82, 2.24) is 10.2 Å². The average Bonchev–Trinajstić information content (AvgIpc) is 3.22. The van der Waals surface area contributed by atoms with Gasteiger partial charge in [-0.15, -0.1) is 12.4 Å². The molecule has 0 radical (unpaired) electrons. The van der Waals surface area contributed by atoms with Gasteiger partial charge in [-0.05, 0) is 63.7 Å². The number of rotatable bonds is 5. The molecule has 1 heterocycles. The number of nitrogens with one attached hydrogen (secondary N) is 1. The van der Waals surface area contributed by atoms with Crippen LogP contribution in [0.25, 0.3) is 0 Å². The fourth-order valence-corrected chi connectivity index (χ4v) is 3.02. The van der Waals surface area contributed by atoms with Gasteiger partial charge >= 0.3 is 0 Å². The molecule has 1 saturated heterocycles. The van der Waals surface area contributed by atoms with E-state index in [1.165, 1.54) is 56.4 Å². The zero-order valence-corrected chi connectivity index (χ0v) is 13.3. The number of nitrogens with zero attached hydrogens (tertiary/aromatic N) is 1. The molecule has 3 rings (SSSR count). The van der Waals surface area contributed by atoms with E-state index in [-0.39, 0.29) is 12.4 Å². The van der Waals surface area contributed by atoms with Crippen molar-refractivity contribution < 1.29 is 0 Å². The van der Waals surface area contributed by atoms with Crippen molar-refractivity contribution in [2.24, 2.45) is 5.92 Å². The largest absolute Gasteiger partial charge is 0.314 e. The second-order valence-corrected chi connectivity index (χ2v) is 6.39. The smallest absolute Gasteiger partial charge is 0.0233 e. The van der Waals surface area contributed by atoms with Gasteiger partial charge in [-0.2, -0.15) is 0 Å². The van der Waals surface area contributed by atoms with Crippen molar-refractivity contribution in [3.05, 3.63) is 35.4 Å². The summed E-state index contributed by atoms with van der Waals surface area (Å²) in [6.07, 6.45) is 5.55. The van der Waals surface area contributed by atoms with E-state index in [4.69, 9.17) is 0 Å². The van der Waals surface area contributed by atoms with Crippen LogP contribution in [-0.4, -0.2) is 30.6 Å². The van der Waals surface area contributed by atoms with Gasteiger partial charge in [-0.3, -0.25) is 4.90 Å². The second-order valence-electron chi connectivity index (χ2n) is 6.39. The molecular weight excluding hydrogens is 268 g/mol. The Hall–Kier alpha value is -0.570. The van der Waals surface area contributed by atoms with E-state index in [2.05, 4.69) is 41.4 Å². The molecular formula is C17H27ClN2. The standard InChI is InChI=1S/C17H26N2.ClH/c1-14-3-2-4-16(11-14)13-19-9-7-17(8-10-19)18-12-15-5-6-15;/h2-4,11,15,17-18H,5-10,12-13H2,1H3;1H. The summed E-state index contributed by atoms with van der Waals surface area (Å²) >= 11 is 0. The van der Waals surface area contributed by atoms with Crippen LogP contribution in [0.4, 0.5) is 0 Å². The molecule has 2 nitrogen and oxygen atoms in total. The summed E-state index contributed by atoms with van der Waals surface area (Å²) in [5.41, 5.74) is 2.84. The number of hydrogen-bond acceptors (Lipinski definition) is 2. The van der Waals surface area contributed by atoms with Crippen LogP contribution < -0.4 is 5.32 Å². The lowest BCUT2D eigenvalue weighted by atomic mass is 10.0. The molecule has 2 aliphatic rings. The Morgan fingerprint density at radius 3 is 2.55 bits per heavy atom. The molecule has 1 aliphatic carbocycles. The van der Waals surface area contributed by atoms with Gasteiger partial charge in [-0.1, -0.05) is 29.8 Å².